The minimum absolute atomic E-state index is 0.0637. The lowest BCUT2D eigenvalue weighted by Gasteiger charge is -2.15. The molecule has 0 aliphatic carbocycles. The van der Waals surface area contributed by atoms with Crippen LogP contribution in [0.1, 0.15) is 41.0 Å². The van der Waals surface area contributed by atoms with Gasteiger partial charge in [0.15, 0.2) is 0 Å². The molecule has 0 radical (unpaired) electrons. The largest absolute Gasteiger partial charge is 0.346 e. The molecule has 1 amide bonds. The van der Waals surface area contributed by atoms with E-state index in [9.17, 15) is 4.79 Å². The normalized spacial score (nSPS) is 11.3. The highest BCUT2D eigenvalue weighted by Crippen LogP contribution is 2.29. The Morgan fingerprint density at radius 2 is 2.11 bits per heavy atom. The quantitative estimate of drug-likeness (QED) is 0.937. The highest BCUT2D eigenvalue weighted by molar-refractivity contribution is 7.14. The van der Waals surface area contributed by atoms with Gasteiger partial charge in [-0.2, -0.15) is 0 Å². The number of aromatic nitrogens is 2. The van der Waals surface area contributed by atoms with Crippen molar-refractivity contribution < 1.29 is 4.79 Å². The van der Waals surface area contributed by atoms with E-state index in [1.807, 2.05) is 12.1 Å². The molecule has 19 heavy (non-hydrogen) atoms. The molecule has 0 atom stereocenters. The van der Waals surface area contributed by atoms with Gasteiger partial charge in [-0.3, -0.25) is 14.8 Å². The van der Waals surface area contributed by atoms with E-state index in [1.165, 1.54) is 16.2 Å². The van der Waals surface area contributed by atoms with Crippen LogP contribution >= 0.6 is 11.3 Å². The first-order valence-corrected chi connectivity index (χ1v) is 6.92. The molecular formula is C14H17N3OS. The summed E-state index contributed by atoms with van der Waals surface area (Å²) in [6.45, 7) is 6.82. The van der Waals surface area contributed by atoms with Gasteiger partial charge in [-0.25, -0.2) is 0 Å². The zero-order valence-corrected chi connectivity index (χ0v) is 12.1. The van der Waals surface area contributed by atoms with Crippen molar-refractivity contribution in [2.24, 2.45) is 0 Å². The van der Waals surface area contributed by atoms with Crippen molar-refractivity contribution in [3.8, 4) is 0 Å². The van der Waals surface area contributed by atoms with Gasteiger partial charge in [-0.05, 0) is 17.5 Å². The second kappa shape index (κ2) is 5.48. The average molecular weight is 275 g/mol. The third-order valence-electron chi connectivity index (χ3n) is 2.62. The van der Waals surface area contributed by atoms with E-state index in [2.05, 4.69) is 36.1 Å². The van der Waals surface area contributed by atoms with Crippen LogP contribution in [0, 0.1) is 0 Å². The summed E-state index contributed by atoms with van der Waals surface area (Å²) >= 11 is 1.53. The van der Waals surface area contributed by atoms with Crippen LogP contribution in [0.4, 0.5) is 0 Å². The predicted molar refractivity (Wildman–Crippen MR) is 76.2 cm³/mol. The number of rotatable bonds is 3. The molecule has 0 unspecified atom stereocenters. The molecule has 100 valence electrons. The Labute approximate surface area is 116 Å². The van der Waals surface area contributed by atoms with Crippen LogP contribution in [0.25, 0.3) is 0 Å². The van der Waals surface area contributed by atoms with Gasteiger partial charge in [0.05, 0.1) is 23.3 Å². The van der Waals surface area contributed by atoms with Crippen molar-refractivity contribution in [3.05, 3.63) is 46.2 Å². The highest BCUT2D eigenvalue weighted by Gasteiger charge is 2.18. The summed E-state index contributed by atoms with van der Waals surface area (Å²) in [6, 6.07) is 3.89. The van der Waals surface area contributed by atoms with Gasteiger partial charge < -0.3 is 5.32 Å². The predicted octanol–water partition coefficient (Wildman–Crippen LogP) is 2.77. The van der Waals surface area contributed by atoms with E-state index in [4.69, 9.17) is 0 Å². The molecule has 0 saturated heterocycles. The Morgan fingerprint density at radius 1 is 1.32 bits per heavy atom. The number of carbonyl (C=O) groups excluding carboxylic acids is 1. The second-order valence-electron chi connectivity index (χ2n) is 5.29. The molecule has 0 aliphatic rings. The van der Waals surface area contributed by atoms with Crippen molar-refractivity contribution in [2.45, 2.75) is 32.7 Å². The zero-order valence-electron chi connectivity index (χ0n) is 11.3. The number of nitrogens with one attached hydrogen (secondary N) is 1. The molecule has 0 spiro atoms. The van der Waals surface area contributed by atoms with Gasteiger partial charge in [0, 0.05) is 17.3 Å². The summed E-state index contributed by atoms with van der Waals surface area (Å²) in [6.07, 6.45) is 4.87. The summed E-state index contributed by atoms with van der Waals surface area (Å²) < 4.78 is 0. The van der Waals surface area contributed by atoms with E-state index in [0.717, 1.165) is 10.6 Å². The first-order chi connectivity index (χ1) is 8.97. The van der Waals surface area contributed by atoms with E-state index in [0.29, 0.717) is 6.54 Å². The molecule has 0 aromatic carbocycles. The summed E-state index contributed by atoms with van der Waals surface area (Å²) in [7, 11) is 0. The SMILES string of the molecule is CC(C)(C)c1ccc(C(=O)NCc2cnccn2)s1. The van der Waals surface area contributed by atoms with Crippen molar-refractivity contribution in [1.29, 1.82) is 0 Å². The molecule has 2 heterocycles. The monoisotopic (exact) mass is 275 g/mol. The molecule has 2 rings (SSSR count). The fourth-order valence-electron chi connectivity index (χ4n) is 1.54. The molecule has 1 N–H and O–H groups in total. The lowest BCUT2D eigenvalue weighted by Crippen LogP contribution is -2.22. The van der Waals surface area contributed by atoms with E-state index >= 15 is 0 Å². The van der Waals surface area contributed by atoms with Crippen LogP contribution in [0.2, 0.25) is 0 Å². The van der Waals surface area contributed by atoms with E-state index < -0.39 is 0 Å². The maximum absolute atomic E-state index is 12.0. The third-order valence-corrected chi connectivity index (χ3v) is 4.13. The Kier molecular flexibility index (Phi) is 3.95. The van der Waals surface area contributed by atoms with Crippen LogP contribution in [0.15, 0.2) is 30.7 Å². The van der Waals surface area contributed by atoms with Crippen molar-refractivity contribution >= 4 is 17.2 Å². The third kappa shape index (κ3) is 3.61. The maximum atomic E-state index is 12.0. The second-order valence-corrected chi connectivity index (χ2v) is 6.38. The van der Waals surface area contributed by atoms with Gasteiger partial charge in [0.1, 0.15) is 0 Å². The molecule has 2 aromatic rings. The van der Waals surface area contributed by atoms with Gasteiger partial charge >= 0.3 is 0 Å². The number of thiophene rings is 1. The fourth-order valence-corrected chi connectivity index (χ4v) is 2.52. The Hall–Kier alpha value is -1.75. The van der Waals surface area contributed by atoms with Gasteiger partial charge in [0.2, 0.25) is 0 Å². The first-order valence-electron chi connectivity index (χ1n) is 6.10. The van der Waals surface area contributed by atoms with Crippen LogP contribution in [0.3, 0.4) is 0 Å². The highest BCUT2D eigenvalue weighted by atomic mass is 32.1. The Balaban J connectivity index is 1.99. The summed E-state index contributed by atoms with van der Waals surface area (Å²) in [5.74, 6) is -0.0637. The summed E-state index contributed by atoms with van der Waals surface area (Å²) in [5, 5.41) is 2.85. The number of carbonyl (C=O) groups is 1. The van der Waals surface area contributed by atoms with Crippen LogP contribution < -0.4 is 5.32 Å². The molecule has 2 aromatic heterocycles. The molecular weight excluding hydrogens is 258 g/mol. The van der Waals surface area contributed by atoms with Crippen molar-refractivity contribution in [1.82, 2.24) is 15.3 Å². The molecule has 5 heteroatoms. The number of amides is 1. The first kappa shape index (κ1) is 13.7. The average Bonchev–Trinajstić information content (AvgIpc) is 2.87. The van der Waals surface area contributed by atoms with Gasteiger partial charge in [0.25, 0.3) is 5.91 Å². The minimum Gasteiger partial charge on any atom is -0.346 e. The fraction of sp³-hybridized carbons (Fsp3) is 0.357. The Bertz CT molecular complexity index is 558. The summed E-state index contributed by atoms with van der Waals surface area (Å²) in [4.78, 5) is 22.0. The minimum atomic E-state index is -0.0637. The lowest BCUT2D eigenvalue weighted by atomic mass is 9.95. The molecule has 0 saturated carbocycles. The summed E-state index contributed by atoms with van der Waals surface area (Å²) in [5.41, 5.74) is 0.831. The number of nitrogens with zero attached hydrogens (tertiary/aromatic N) is 2. The zero-order chi connectivity index (χ0) is 13.9. The van der Waals surface area contributed by atoms with Crippen molar-refractivity contribution in [3.63, 3.8) is 0 Å². The Morgan fingerprint density at radius 3 is 2.68 bits per heavy atom. The van der Waals surface area contributed by atoms with Gasteiger partial charge in [-0.15, -0.1) is 11.3 Å². The lowest BCUT2D eigenvalue weighted by molar-refractivity contribution is 0.0954. The number of hydrogen-bond acceptors (Lipinski definition) is 4. The number of hydrogen-bond donors (Lipinski definition) is 1. The molecule has 0 aliphatic heterocycles. The van der Waals surface area contributed by atoms with Crippen LogP contribution in [0.5, 0.6) is 0 Å². The van der Waals surface area contributed by atoms with E-state index in [1.54, 1.807) is 18.6 Å². The topological polar surface area (TPSA) is 54.9 Å². The van der Waals surface area contributed by atoms with Crippen molar-refractivity contribution in [2.75, 3.05) is 0 Å². The molecule has 0 bridgehead atoms. The standard InChI is InChI=1S/C14H17N3OS/c1-14(2,3)12-5-4-11(19-12)13(18)17-9-10-8-15-6-7-16-10/h4-8H,9H2,1-3H3,(H,17,18). The van der Waals surface area contributed by atoms with Crippen LogP contribution in [-0.2, 0) is 12.0 Å². The molecule has 0 fully saturated rings. The van der Waals surface area contributed by atoms with Crippen LogP contribution in [-0.4, -0.2) is 15.9 Å². The maximum Gasteiger partial charge on any atom is 0.261 e. The molecule has 4 nitrogen and oxygen atoms in total. The van der Waals surface area contributed by atoms with E-state index in [-0.39, 0.29) is 11.3 Å². The smallest absolute Gasteiger partial charge is 0.261 e. The van der Waals surface area contributed by atoms with Gasteiger partial charge in [-0.1, -0.05) is 20.8 Å².